The number of ether oxygens (including phenoxy) is 2. The third-order valence-electron chi connectivity index (χ3n) is 4.81. The van der Waals surface area contributed by atoms with Gasteiger partial charge in [0.1, 0.15) is 18.8 Å². The van der Waals surface area contributed by atoms with Gasteiger partial charge in [0, 0.05) is 24.2 Å². The number of nitro groups is 1. The third kappa shape index (κ3) is 4.86. The van der Waals surface area contributed by atoms with Crippen molar-refractivity contribution in [3.63, 3.8) is 0 Å². The number of nitrogens with one attached hydrogen (secondary N) is 2. The predicted octanol–water partition coefficient (Wildman–Crippen LogP) is 3.28. The fourth-order valence-corrected chi connectivity index (χ4v) is 2.90. The molecule has 0 fully saturated rings. The molecular weight excluding hydrogens is 390 g/mol. The molecule has 9 heteroatoms. The standard InChI is InChI=1S/C21H23N3O6/c1-3-13(2)20(25)23-15-6-4-5-14(9-15)12-22-21(26)16-10-18-19(30-8-7-29-18)11-17(16)24(27)28/h4-6,9-11,13H,3,7-8,12H2,1-2H3,(H,22,26)(H,23,25). The van der Waals surface area contributed by atoms with Gasteiger partial charge in [-0.15, -0.1) is 0 Å². The number of fused-ring (bicyclic) bond motifs is 1. The van der Waals surface area contributed by atoms with E-state index in [9.17, 15) is 19.7 Å². The van der Waals surface area contributed by atoms with Crippen molar-refractivity contribution in [3.05, 3.63) is 57.6 Å². The maximum atomic E-state index is 12.6. The molecule has 0 spiro atoms. The monoisotopic (exact) mass is 413 g/mol. The van der Waals surface area contributed by atoms with Crippen LogP contribution < -0.4 is 20.1 Å². The van der Waals surface area contributed by atoms with E-state index in [1.165, 1.54) is 12.1 Å². The van der Waals surface area contributed by atoms with Gasteiger partial charge in [-0.25, -0.2) is 0 Å². The van der Waals surface area contributed by atoms with Gasteiger partial charge in [0.2, 0.25) is 5.91 Å². The van der Waals surface area contributed by atoms with Gasteiger partial charge in [0.25, 0.3) is 11.6 Å². The van der Waals surface area contributed by atoms with Crippen molar-refractivity contribution in [3.8, 4) is 11.5 Å². The first-order chi connectivity index (χ1) is 14.4. The van der Waals surface area contributed by atoms with Crippen molar-refractivity contribution in [2.45, 2.75) is 26.8 Å². The second-order valence-electron chi connectivity index (χ2n) is 6.95. The molecule has 30 heavy (non-hydrogen) atoms. The minimum absolute atomic E-state index is 0.0782. The maximum absolute atomic E-state index is 12.6. The summed E-state index contributed by atoms with van der Waals surface area (Å²) in [4.78, 5) is 35.5. The smallest absolute Gasteiger partial charge is 0.286 e. The van der Waals surface area contributed by atoms with Gasteiger partial charge in [-0.3, -0.25) is 19.7 Å². The van der Waals surface area contributed by atoms with Gasteiger partial charge >= 0.3 is 0 Å². The number of carbonyl (C=O) groups excluding carboxylic acids is 2. The summed E-state index contributed by atoms with van der Waals surface area (Å²) in [7, 11) is 0. The van der Waals surface area contributed by atoms with Crippen LogP contribution in [-0.4, -0.2) is 30.0 Å². The Hall–Kier alpha value is -3.62. The molecule has 1 aliphatic rings. The number of nitro benzene ring substituents is 1. The summed E-state index contributed by atoms with van der Waals surface area (Å²) >= 11 is 0. The maximum Gasteiger partial charge on any atom is 0.286 e. The molecule has 0 aromatic heterocycles. The Balaban J connectivity index is 1.72. The van der Waals surface area contributed by atoms with Gasteiger partial charge in [0.05, 0.1) is 11.0 Å². The van der Waals surface area contributed by atoms with Gasteiger partial charge in [-0.05, 0) is 24.1 Å². The minimum Gasteiger partial charge on any atom is -0.486 e. The van der Waals surface area contributed by atoms with E-state index in [1.807, 2.05) is 13.8 Å². The number of rotatable bonds is 7. The Morgan fingerprint density at radius 1 is 1.17 bits per heavy atom. The summed E-state index contributed by atoms with van der Waals surface area (Å²) in [5.74, 6) is -0.247. The largest absolute Gasteiger partial charge is 0.486 e. The number of nitrogens with zero attached hydrogens (tertiary/aromatic N) is 1. The lowest BCUT2D eigenvalue weighted by molar-refractivity contribution is -0.385. The van der Waals surface area contributed by atoms with Crippen LogP contribution >= 0.6 is 0 Å². The highest BCUT2D eigenvalue weighted by Gasteiger charge is 2.26. The molecule has 158 valence electrons. The van der Waals surface area contributed by atoms with Crippen molar-refractivity contribution < 1.29 is 24.0 Å². The third-order valence-corrected chi connectivity index (χ3v) is 4.81. The van der Waals surface area contributed by atoms with Crippen molar-refractivity contribution in [2.24, 2.45) is 5.92 Å². The molecule has 3 rings (SSSR count). The highest BCUT2D eigenvalue weighted by molar-refractivity contribution is 5.99. The van der Waals surface area contributed by atoms with Crippen molar-refractivity contribution >= 4 is 23.2 Å². The summed E-state index contributed by atoms with van der Waals surface area (Å²) < 4.78 is 10.8. The van der Waals surface area contributed by atoms with Crippen LogP contribution in [0.4, 0.5) is 11.4 Å². The van der Waals surface area contributed by atoms with Crippen LogP contribution in [0, 0.1) is 16.0 Å². The van der Waals surface area contributed by atoms with E-state index in [1.54, 1.807) is 24.3 Å². The van der Waals surface area contributed by atoms with Crippen molar-refractivity contribution in [2.75, 3.05) is 18.5 Å². The molecule has 1 aliphatic heterocycles. The van der Waals surface area contributed by atoms with E-state index in [-0.39, 0.29) is 35.4 Å². The zero-order chi connectivity index (χ0) is 21.7. The second-order valence-corrected chi connectivity index (χ2v) is 6.95. The SMILES string of the molecule is CCC(C)C(=O)Nc1cccc(CNC(=O)c2cc3c(cc2[N+](=O)[O-])OCCO3)c1. The second kappa shape index (κ2) is 9.25. The van der Waals surface area contributed by atoms with Crippen molar-refractivity contribution in [1.82, 2.24) is 5.32 Å². The van der Waals surface area contributed by atoms with Crippen LogP contribution in [0.5, 0.6) is 11.5 Å². The van der Waals surface area contributed by atoms with E-state index in [0.29, 0.717) is 24.7 Å². The lowest BCUT2D eigenvalue weighted by Crippen LogP contribution is -2.25. The van der Waals surface area contributed by atoms with E-state index in [4.69, 9.17) is 9.47 Å². The molecule has 1 atom stereocenters. The zero-order valence-electron chi connectivity index (χ0n) is 16.8. The molecule has 0 aliphatic carbocycles. The van der Waals surface area contributed by atoms with Gasteiger partial charge in [-0.2, -0.15) is 0 Å². The number of carbonyl (C=O) groups is 2. The van der Waals surface area contributed by atoms with Crippen LogP contribution in [0.3, 0.4) is 0 Å². The zero-order valence-corrected chi connectivity index (χ0v) is 16.8. The highest BCUT2D eigenvalue weighted by Crippen LogP contribution is 2.36. The Morgan fingerprint density at radius 3 is 2.53 bits per heavy atom. The first-order valence-electron chi connectivity index (χ1n) is 9.65. The average molecular weight is 413 g/mol. The average Bonchev–Trinajstić information content (AvgIpc) is 2.76. The summed E-state index contributed by atoms with van der Waals surface area (Å²) in [5, 5.41) is 16.9. The number of benzene rings is 2. The van der Waals surface area contributed by atoms with E-state index in [2.05, 4.69) is 10.6 Å². The quantitative estimate of drug-likeness (QED) is 0.531. The van der Waals surface area contributed by atoms with Crippen LogP contribution in [0.2, 0.25) is 0 Å². The molecule has 2 amide bonds. The fourth-order valence-electron chi connectivity index (χ4n) is 2.90. The molecule has 1 heterocycles. The lowest BCUT2D eigenvalue weighted by atomic mass is 10.1. The summed E-state index contributed by atoms with van der Waals surface area (Å²) in [6.45, 7) is 4.52. The first kappa shape index (κ1) is 21.1. The Bertz CT molecular complexity index is 975. The summed E-state index contributed by atoms with van der Waals surface area (Å²) in [6.07, 6.45) is 0.732. The number of hydrogen-bond donors (Lipinski definition) is 2. The molecule has 2 aromatic carbocycles. The van der Waals surface area contributed by atoms with E-state index in [0.717, 1.165) is 12.0 Å². The molecule has 2 N–H and O–H groups in total. The number of hydrogen-bond acceptors (Lipinski definition) is 6. The molecule has 2 aromatic rings. The lowest BCUT2D eigenvalue weighted by Gasteiger charge is -2.19. The number of amides is 2. The molecule has 0 bridgehead atoms. The molecule has 0 saturated carbocycles. The Morgan fingerprint density at radius 2 is 1.87 bits per heavy atom. The fraction of sp³-hybridized carbons (Fsp3) is 0.333. The van der Waals surface area contributed by atoms with Crippen LogP contribution in [-0.2, 0) is 11.3 Å². The minimum atomic E-state index is -0.627. The molecule has 9 nitrogen and oxygen atoms in total. The van der Waals surface area contributed by atoms with Crippen LogP contribution in [0.25, 0.3) is 0 Å². The van der Waals surface area contributed by atoms with Crippen LogP contribution in [0.15, 0.2) is 36.4 Å². The number of anilines is 1. The normalized spacial score (nSPS) is 13.3. The first-order valence-corrected chi connectivity index (χ1v) is 9.65. The Labute approximate surface area is 173 Å². The predicted molar refractivity (Wildman–Crippen MR) is 110 cm³/mol. The molecular formula is C21H23N3O6. The van der Waals surface area contributed by atoms with E-state index < -0.39 is 10.8 Å². The van der Waals surface area contributed by atoms with Crippen molar-refractivity contribution in [1.29, 1.82) is 0 Å². The molecule has 0 saturated heterocycles. The Kier molecular flexibility index (Phi) is 6.51. The van der Waals surface area contributed by atoms with E-state index >= 15 is 0 Å². The highest BCUT2D eigenvalue weighted by atomic mass is 16.6. The van der Waals surface area contributed by atoms with Gasteiger partial charge < -0.3 is 20.1 Å². The molecule has 0 radical (unpaired) electrons. The van der Waals surface area contributed by atoms with Crippen LogP contribution in [0.1, 0.15) is 36.2 Å². The summed E-state index contributed by atoms with van der Waals surface area (Å²) in [6, 6.07) is 9.59. The topological polar surface area (TPSA) is 120 Å². The van der Waals surface area contributed by atoms with Gasteiger partial charge in [-0.1, -0.05) is 26.0 Å². The van der Waals surface area contributed by atoms with Gasteiger partial charge in [0.15, 0.2) is 11.5 Å². The molecule has 1 unspecified atom stereocenters. The summed E-state index contributed by atoms with van der Waals surface area (Å²) in [5.41, 5.74) is 0.902.